The van der Waals surface area contributed by atoms with Gasteiger partial charge in [-0.3, -0.25) is 9.36 Å². The van der Waals surface area contributed by atoms with Crippen LogP contribution < -0.4 is 5.56 Å². The van der Waals surface area contributed by atoms with Crippen molar-refractivity contribution in [3.05, 3.63) is 76.0 Å². The number of hydrogen-bond acceptors (Lipinski definition) is 3. The zero-order valence-electron chi connectivity index (χ0n) is 13.4. The summed E-state index contributed by atoms with van der Waals surface area (Å²) in [6.07, 6.45) is 0. The van der Waals surface area contributed by atoms with E-state index in [1.807, 2.05) is 6.07 Å². The molecule has 0 atom stereocenters. The lowest BCUT2D eigenvalue weighted by atomic mass is 10.0. The molecule has 2 aromatic carbocycles. The number of benzene rings is 2. The Morgan fingerprint density at radius 3 is 2.50 bits per heavy atom. The maximum atomic E-state index is 13.7. The molecule has 1 heterocycles. The van der Waals surface area contributed by atoms with E-state index in [2.05, 4.69) is 0 Å². The lowest BCUT2D eigenvalue weighted by Gasteiger charge is -2.16. The van der Waals surface area contributed by atoms with Crippen LogP contribution in [0.5, 0.6) is 0 Å². The first-order chi connectivity index (χ1) is 11.5. The second-order valence-electron chi connectivity index (χ2n) is 5.35. The first-order valence-electron chi connectivity index (χ1n) is 7.62. The second kappa shape index (κ2) is 6.28. The van der Waals surface area contributed by atoms with Gasteiger partial charge in [0.1, 0.15) is 5.82 Å². The standard InChI is InChI=1S/C19H16FNO3/c1-3-24-19(23)17-12(2)21(14-7-5-4-6-8-14)18(22)16-11-13(20)9-10-15(16)17/h4-11H,3H2,1-2H3. The van der Waals surface area contributed by atoms with Gasteiger partial charge in [-0.25, -0.2) is 9.18 Å². The Morgan fingerprint density at radius 2 is 1.83 bits per heavy atom. The van der Waals surface area contributed by atoms with Gasteiger partial charge < -0.3 is 4.74 Å². The highest BCUT2D eigenvalue weighted by Gasteiger charge is 2.21. The number of carbonyl (C=O) groups excluding carboxylic acids is 1. The van der Waals surface area contributed by atoms with Crippen molar-refractivity contribution in [1.29, 1.82) is 0 Å². The van der Waals surface area contributed by atoms with Crippen LogP contribution in [0.2, 0.25) is 0 Å². The topological polar surface area (TPSA) is 48.3 Å². The third-order valence-corrected chi connectivity index (χ3v) is 3.88. The molecule has 3 aromatic rings. The molecule has 0 unspecified atom stereocenters. The third-order valence-electron chi connectivity index (χ3n) is 3.88. The molecule has 0 spiro atoms. The van der Waals surface area contributed by atoms with Crippen LogP contribution in [0.15, 0.2) is 53.3 Å². The molecule has 0 aliphatic rings. The molecule has 0 amide bonds. The summed E-state index contributed by atoms with van der Waals surface area (Å²) in [5.74, 6) is -1.06. The number of rotatable bonds is 3. The third kappa shape index (κ3) is 2.58. The van der Waals surface area contributed by atoms with Crippen LogP contribution >= 0.6 is 0 Å². The fourth-order valence-corrected chi connectivity index (χ4v) is 2.84. The Morgan fingerprint density at radius 1 is 1.12 bits per heavy atom. The molecule has 0 saturated heterocycles. The molecule has 0 fully saturated rings. The largest absolute Gasteiger partial charge is 0.462 e. The molecule has 5 heteroatoms. The SMILES string of the molecule is CCOC(=O)c1c(C)n(-c2ccccc2)c(=O)c2cc(F)ccc12. The van der Waals surface area contributed by atoms with E-state index in [-0.39, 0.29) is 23.1 Å². The van der Waals surface area contributed by atoms with Gasteiger partial charge >= 0.3 is 5.97 Å². The molecular weight excluding hydrogens is 309 g/mol. The van der Waals surface area contributed by atoms with Crippen molar-refractivity contribution in [2.24, 2.45) is 0 Å². The Bertz CT molecular complexity index is 977. The number of ether oxygens (including phenoxy) is 1. The summed E-state index contributed by atoms with van der Waals surface area (Å²) < 4.78 is 20.2. The number of esters is 1. The number of hydrogen-bond donors (Lipinski definition) is 0. The molecule has 0 N–H and O–H groups in total. The monoisotopic (exact) mass is 325 g/mol. The normalized spacial score (nSPS) is 10.8. The van der Waals surface area contributed by atoms with Crippen molar-refractivity contribution in [2.75, 3.05) is 6.61 Å². The van der Waals surface area contributed by atoms with Gasteiger partial charge in [-0.1, -0.05) is 24.3 Å². The van der Waals surface area contributed by atoms with Gasteiger partial charge in [0.25, 0.3) is 5.56 Å². The van der Waals surface area contributed by atoms with Crippen LogP contribution in [0.1, 0.15) is 23.0 Å². The minimum atomic E-state index is -0.531. The molecule has 3 rings (SSSR count). The van der Waals surface area contributed by atoms with Crippen LogP contribution in [-0.4, -0.2) is 17.1 Å². The van der Waals surface area contributed by atoms with E-state index in [1.54, 1.807) is 38.1 Å². The van der Waals surface area contributed by atoms with Crippen molar-refractivity contribution >= 4 is 16.7 Å². The van der Waals surface area contributed by atoms with E-state index >= 15 is 0 Å². The first kappa shape index (κ1) is 15.9. The fraction of sp³-hybridized carbons (Fsp3) is 0.158. The number of nitrogens with zero attached hydrogens (tertiary/aromatic N) is 1. The summed E-state index contributed by atoms with van der Waals surface area (Å²) in [7, 11) is 0. The highest BCUT2D eigenvalue weighted by atomic mass is 19.1. The number of para-hydroxylation sites is 1. The van der Waals surface area contributed by atoms with Crippen molar-refractivity contribution in [2.45, 2.75) is 13.8 Å². The van der Waals surface area contributed by atoms with Gasteiger partial charge in [0.2, 0.25) is 0 Å². The molecule has 4 nitrogen and oxygen atoms in total. The summed E-state index contributed by atoms with van der Waals surface area (Å²) in [6, 6.07) is 12.8. The van der Waals surface area contributed by atoms with Gasteiger partial charge in [-0.05, 0) is 38.1 Å². The van der Waals surface area contributed by atoms with Crippen LogP contribution in [0, 0.1) is 12.7 Å². The maximum Gasteiger partial charge on any atom is 0.340 e. The van der Waals surface area contributed by atoms with Crippen molar-refractivity contribution < 1.29 is 13.9 Å². The Hall–Kier alpha value is -2.95. The molecule has 0 aliphatic carbocycles. The molecule has 0 saturated carbocycles. The van der Waals surface area contributed by atoms with Gasteiger partial charge in [-0.15, -0.1) is 0 Å². The molecule has 24 heavy (non-hydrogen) atoms. The number of aromatic nitrogens is 1. The van der Waals surface area contributed by atoms with Crippen LogP contribution in [-0.2, 0) is 4.74 Å². The average Bonchev–Trinajstić information content (AvgIpc) is 2.57. The van der Waals surface area contributed by atoms with E-state index in [4.69, 9.17) is 4.74 Å². The van der Waals surface area contributed by atoms with E-state index in [0.717, 1.165) is 6.07 Å². The number of carbonyl (C=O) groups is 1. The number of fused-ring (bicyclic) bond motifs is 1. The quantitative estimate of drug-likeness (QED) is 0.691. The minimum Gasteiger partial charge on any atom is -0.462 e. The minimum absolute atomic E-state index is 0.146. The molecule has 0 aliphatic heterocycles. The number of pyridine rings is 1. The molecule has 0 bridgehead atoms. The molecule has 0 radical (unpaired) electrons. The first-order valence-corrected chi connectivity index (χ1v) is 7.62. The zero-order valence-corrected chi connectivity index (χ0v) is 13.4. The smallest absolute Gasteiger partial charge is 0.340 e. The molecular formula is C19H16FNO3. The summed E-state index contributed by atoms with van der Waals surface area (Å²) in [6.45, 7) is 3.61. The fourth-order valence-electron chi connectivity index (χ4n) is 2.84. The summed E-state index contributed by atoms with van der Waals surface area (Å²) >= 11 is 0. The van der Waals surface area contributed by atoms with E-state index in [0.29, 0.717) is 16.8 Å². The maximum absolute atomic E-state index is 13.7. The van der Waals surface area contributed by atoms with Crippen LogP contribution in [0.3, 0.4) is 0 Å². The average molecular weight is 325 g/mol. The highest BCUT2D eigenvalue weighted by Crippen LogP contribution is 2.23. The Kier molecular flexibility index (Phi) is 4.16. The van der Waals surface area contributed by atoms with Gasteiger partial charge in [0.15, 0.2) is 0 Å². The Balaban J connectivity index is 2.45. The van der Waals surface area contributed by atoms with Crippen LogP contribution in [0.25, 0.3) is 16.5 Å². The highest BCUT2D eigenvalue weighted by molar-refractivity contribution is 6.05. The van der Waals surface area contributed by atoms with Crippen molar-refractivity contribution in [3.63, 3.8) is 0 Å². The predicted octanol–water partition coefficient (Wildman–Crippen LogP) is 3.61. The van der Waals surface area contributed by atoms with Gasteiger partial charge in [0, 0.05) is 16.8 Å². The molecule has 122 valence electrons. The second-order valence-corrected chi connectivity index (χ2v) is 5.35. The number of halogens is 1. The Labute approximate surface area is 138 Å². The van der Waals surface area contributed by atoms with Gasteiger partial charge in [0.05, 0.1) is 17.6 Å². The van der Waals surface area contributed by atoms with Crippen LogP contribution in [0.4, 0.5) is 4.39 Å². The van der Waals surface area contributed by atoms with Crippen molar-refractivity contribution in [3.8, 4) is 5.69 Å². The lowest BCUT2D eigenvalue weighted by molar-refractivity contribution is 0.0527. The lowest BCUT2D eigenvalue weighted by Crippen LogP contribution is -2.25. The summed E-state index contributed by atoms with van der Waals surface area (Å²) in [5.41, 5.74) is 0.969. The van der Waals surface area contributed by atoms with E-state index in [1.165, 1.54) is 16.7 Å². The zero-order chi connectivity index (χ0) is 17.3. The summed E-state index contributed by atoms with van der Waals surface area (Å²) in [4.78, 5) is 25.3. The predicted molar refractivity (Wildman–Crippen MR) is 90.2 cm³/mol. The summed E-state index contributed by atoms with van der Waals surface area (Å²) in [5, 5.41) is 0.539. The van der Waals surface area contributed by atoms with Gasteiger partial charge in [-0.2, -0.15) is 0 Å². The van der Waals surface area contributed by atoms with E-state index in [9.17, 15) is 14.0 Å². The molecule has 1 aromatic heterocycles. The van der Waals surface area contributed by atoms with E-state index < -0.39 is 11.8 Å². The van der Waals surface area contributed by atoms with Crippen molar-refractivity contribution in [1.82, 2.24) is 4.57 Å².